The third-order valence-corrected chi connectivity index (χ3v) is 5.07. The molecule has 0 heterocycles. The maximum atomic E-state index is 13.0. The number of nitrogens with one attached hydrogen (secondary N) is 1. The second-order valence-corrected chi connectivity index (χ2v) is 7.38. The fourth-order valence-electron chi connectivity index (χ4n) is 2.95. The van der Waals surface area contributed by atoms with E-state index in [0.717, 1.165) is 12.0 Å². The van der Waals surface area contributed by atoms with Crippen LogP contribution in [0.1, 0.15) is 32.8 Å². The van der Waals surface area contributed by atoms with E-state index in [2.05, 4.69) is 5.32 Å². The Balaban J connectivity index is 2.16. The average Bonchev–Trinajstić information content (AvgIpc) is 2.80. The first-order valence-electron chi connectivity index (χ1n) is 10.4. The van der Waals surface area contributed by atoms with E-state index < -0.39 is 16.9 Å². The highest BCUT2D eigenvalue weighted by molar-refractivity contribution is 5.88. The number of methoxy groups -OCH3 is 1. The van der Waals surface area contributed by atoms with E-state index in [1.54, 1.807) is 6.92 Å². The lowest BCUT2D eigenvalue weighted by Crippen LogP contribution is -2.50. The minimum Gasteiger partial charge on any atom is -0.490 e. The molecule has 32 heavy (non-hydrogen) atoms. The van der Waals surface area contributed by atoms with E-state index in [4.69, 9.17) is 9.47 Å². The van der Waals surface area contributed by atoms with Gasteiger partial charge in [0, 0.05) is 24.7 Å². The Kier molecular flexibility index (Phi) is 9.00. The molecule has 2 rings (SSSR count). The average molecular weight is 444 g/mol. The van der Waals surface area contributed by atoms with Crippen LogP contribution in [0, 0.1) is 10.1 Å². The summed E-state index contributed by atoms with van der Waals surface area (Å²) in [7, 11) is 1.32. The molecule has 0 bridgehead atoms. The highest BCUT2D eigenvalue weighted by Gasteiger charge is 2.27. The highest BCUT2D eigenvalue weighted by atomic mass is 16.6. The smallest absolute Gasteiger partial charge is 0.311 e. The Morgan fingerprint density at radius 1 is 1.16 bits per heavy atom. The summed E-state index contributed by atoms with van der Waals surface area (Å²) in [5.74, 6) is -0.363. The van der Waals surface area contributed by atoms with Crippen LogP contribution in [0.2, 0.25) is 0 Å². The van der Waals surface area contributed by atoms with Gasteiger partial charge in [-0.15, -0.1) is 0 Å². The lowest BCUT2D eigenvalue weighted by molar-refractivity contribution is -0.385. The second-order valence-electron chi connectivity index (χ2n) is 7.38. The van der Waals surface area contributed by atoms with Crippen LogP contribution in [-0.4, -0.2) is 47.4 Å². The summed E-state index contributed by atoms with van der Waals surface area (Å²) in [6, 6.07) is 12.6. The Labute approximate surface area is 187 Å². The van der Waals surface area contributed by atoms with Crippen molar-refractivity contribution in [3.63, 3.8) is 0 Å². The number of hydrogen-bond acceptors (Lipinski definition) is 6. The van der Waals surface area contributed by atoms with Crippen LogP contribution in [0.5, 0.6) is 11.5 Å². The van der Waals surface area contributed by atoms with Gasteiger partial charge in [0.15, 0.2) is 6.61 Å². The van der Waals surface area contributed by atoms with Gasteiger partial charge in [0.25, 0.3) is 5.91 Å². The zero-order valence-corrected chi connectivity index (χ0v) is 18.7. The van der Waals surface area contributed by atoms with Crippen LogP contribution in [0.3, 0.4) is 0 Å². The van der Waals surface area contributed by atoms with Crippen molar-refractivity contribution in [2.75, 3.05) is 13.7 Å². The molecule has 0 unspecified atom stereocenters. The molecule has 0 aromatic heterocycles. The van der Waals surface area contributed by atoms with E-state index in [1.807, 2.05) is 44.2 Å². The third-order valence-electron chi connectivity index (χ3n) is 5.07. The van der Waals surface area contributed by atoms with Crippen LogP contribution in [0.4, 0.5) is 5.69 Å². The lowest BCUT2D eigenvalue weighted by Gasteiger charge is -2.29. The van der Waals surface area contributed by atoms with Gasteiger partial charge in [-0.05, 0) is 31.9 Å². The molecule has 2 aromatic carbocycles. The van der Waals surface area contributed by atoms with E-state index in [1.165, 1.54) is 30.2 Å². The standard InChI is InChI=1S/C23H29N3O6/c1-5-16(2)24-23(28)17(3)25(14-18-9-7-6-8-10-18)22(27)15-32-19-11-12-20(26(29)30)21(13-19)31-4/h6-13,16-17H,5,14-15H2,1-4H3,(H,24,28)/t16-,17-/m1/s1. The molecule has 2 amide bonds. The SMILES string of the molecule is CC[C@@H](C)NC(=O)[C@@H](C)N(Cc1ccccc1)C(=O)COc1ccc([N+](=O)[O-])c(OC)c1. The molecule has 9 heteroatoms. The quantitative estimate of drug-likeness (QED) is 0.421. The predicted octanol–water partition coefficient (Wildman–Crippen LogP) is 3.31. The zero-order chi connectivity index (χ0) is 23.7. The number of nitro groups is 1. The van der Waals surface area contributed by atoms with Gasteiger partial charge in [0.2, 0.25) is 11.7 Å². The van der Waals surface area contributed by atoms with Crippen molar-refractivity contribution in [1.82, 2.24) is 10.2 Å². The van der Waals surface area contributed by atoms with Crippen LogP contribution in [0.25, 0.3) is 0 Å². The summed E-state index contributed by atoms with van der Waals surface area (Å²) in [5.41, 5.74) is 0.674. The van der Waals surface area contributed by atoms with Gasteiger partial charge in [-0.3, -0.25) is 19.7 Å². The maximum Gasteiger partial charge on any atom is 0.311 e. The summed E-state index contributed by atoms with van der Waals surface area (Å²) in [5, 5.41) is 13.9. The third kappa shape index (κ3) is 6.69. The van der Waals surface area contributed by atoms with E-state index in [0.29, 0.717) is 0 Å². The molecule has 172 valence electrons. The summed E-state index contributed by atoms with van der Waals surface area (Å²) < 4.78 is 10.6. The number of nitrogens with zero attached hydrogens (tertiary/aromatic N) is 2. The predicted molar refractivity (Wildman–Crippen MR) is 119 cm³/mol. The molecule has 0 aliphatic heterocycles. The van der Waals surface area contributed by atoms with Crippen LogP contribution < -0.4 is 14.8 Å². The lowest BCUT2D eigenvalue weighted by atomic mass is 10.1. The van der Waals surface area contributed by atoms with Gasteiger partial charge in [0.1, 0.15) is 11.8 Å². The zero-order valence-electron chi connectivity index (χ0n) is 18.7. The molecule has 0 spiro atoms. The molecule has 0 saturated heterocycles. The summed E-state index contributed by atoms with van der Waals surface area (Å²) in [6.07, 6.45) is 0.774. The van der Waals surface area contributed by atoms with Crippen LogP contribution in [-0.2, 0) is 16.1 Å². The Morgan fingerprint density at radius 2 is 1.84 bits per heavy atom. The molecule has 1 N–H and O–H groups in total. The van der Waals surface area contributed by atoms with Crippen molar-refractivity contribution in [3.8, 4) is 11.5 Å². The summed E-state index contributed by atoms with van der Waals surface area (Å²) in [6.45, 7) is 5.44. The number of ether oxygens (including phenoxy) is 2. The largest absolute Gasteiger partial charge is 0.490 e. The molecule has 2 aromatic rings. The second kappa shape index (κ2) is 11.7. The van der Waals surface area contributed by atoms with Crippen molar-refractivity contribution in [2.24, 2.45) is 0 Å². The summed E-state index contributed by atoms with van der Waals surface area (Å²) in [4.78, 5) is 37.6. The number of carbonyl (C=O) groups excluding carboxylic acids is 2. The van der Waals surface area contributed by atoms with Gasteiger partial charge in [-0.25, -0.2) is 0 Å². The summed E-state index contributed by atoms with van der Waals surface area (Å²) >= 11 is 0. The molecule has 0 saturated carbocycles. The van der Waals surface area contributed by atoms with Crippen LogP contribution >= 0.6 is 0 Å². The van der Waals surface area contributed by atoms with Gasteiger partial charge < -0.3 is 19.7 Å². The number of amides is 2. The molecule has 9 nitrogen and oxygen atoms in total. The molecule has 0 aliphatic carbocycles. The van der Waals surface area contributed by atoms with Crippen molar-refractivity contribution < 1.29 is 24.0 Å². The van der Waals surface area contributed by atoms with Crippen molar-refractivity contribution in [1.29, 1.82) is 0 Å². The van der Waals surface area contributed by atoms with E-state index in [9.17, 15) is 19.7 Å². The fraction of sp³-hybridized carbons (Fsp3) is 0.391. The number of carbonyl (C=O) groups is 2. The van der Waals surface area contributed by atoms with Crippen molar-refractivity contribution >= 4 is 17.5 Å². The van der Waals surface area contributed by atoms with Crippen molar-refractivity contribution in [2.45, 2.75) is 45.8 Å². The number of nitro benzene ring substituents is 1. The molecule has 0 fully saturated rings. The van der Waals surface area contributed by atoms with Gasteiger partial charge >= 0.3 is 5.69 Å². The minimum atomic E-state index is -0.716. The molecule has 2 atom stereocenters. The van der Waals surface area contributed by atoms with Crippen molar-refractivity contribution in [3.05, 3.63) is 64.2 Å². The Morgan fingerprint density at radius 3 is 2.44 bits per heavy atom. The van der Waals surface area contributed by atoms with E-state index in [-0.39, 0.29) is 42.3 Å². The first-order valence-corrected chi connectivity index (χ1v) is 10.4. The number of rotatable bonds is 11. The first kappa shape index (κ1) is 24.6. The molecular weight excluding hydrogens is 414 g/mol. The Bertz CT molecular complexity index is 935. The fourth-order valence-corrected chi connectivity index (χ4v) is 2.95. The Hall–Kier alpha value is -3.62. The van der Waals surface area contributed by atoms with Gasteiger partial charge in [0.05, 0.1) is 12.0 Å². The monoisotopic (exact) mass is 443 g/mol. The molecule has 0 aliphatic rings. The molecular formula is C23H29N3O6. The maximum absolute atomic E-state index is 13.0. The van der Waals surface area contributed by atoms with Crippen LogP contribution in [0.15, 0.2) is 48.5 Å². The normalized spacial score (nSPS) is 12.4. The van der Waals surface area contributed by atoms with Gasteiger partial charge in [-0.1, -0.05) is 37.3 Å². The van der Waals surface area contributed by atoms with E-state index >= 15 is 0 Å². The number of benzene rings is 2. The number of hydrogen-bond donors (Lipinski definition) is 1. The highest BCUT2D eigenvalue weighted by Crippen LogP contribution is 2.30. The topological polar surface area (TPSA) is 111 Å². The minimum absolute atomic E-state index is 0.0116. The first-order chi connectivity index (χ1) is 15.3. The molecule has 0 radical (unpaired) electrons. The van der Waals surface area contributed by atoms with Gasteiger partial charge in [-0.2, -0.15) is 0 Å².